The van der Waals surface area contributed by atoms with Gasteiger partial charge in [0.15, 0.2) is 0 Å². The van der Waals surface area contributed by atoms with E-state index in [9.17, 15) is 14.4 Å². The van der Waals surface area contributed by atoms with Gasteiger partial charge in [0.2, 0.25) is 5.91 Å². The van der Waals surface area contributed by atoms with Crippen LogP contribution in [0, 0.1) is 5.41 Å². The second-order valence-corrected chi connectivity index (χ2v) is 5.74. The van der Waals surface area contributed by atoms with Crippen molar-refractivity contribution in [3.8, 4) is 0 Å². The third kappa shape index (κ3) is 6.90. The lowest BCUT2D eigenvalue weighted by atomic mass is 9.94. The molecule has 0 radical (unpaired) electrons. The Morgan fingerprint density at radius 2 is 1.95 bits per heavy atom. The number of nitrogens with one attached hydrogen (secondary N) is 2. The van der Waals surface area contributed by atoms with Crippen LogP contribution in [-0.4, -0.2) is 47.6 Å². The van der Waals surface area contributed by atoms with Crippen molar-refractivity contribution in [2.75, 3.05) is 18.6 Å². The fourth-order valence-corrected chi connectivity index (χ4v) is 1.65. The minimum atomic E-state index is -1.06. The molecule has 0 aliphatic heterocycles. The topological polar surface area (TPSA) is 122 Å². The summed E-state index contributed by atoms with van der Waals surface area (Å²) in [5.41, 5.74) is 3.94. The van der Waals surface area contributed by atoms with Crippen LogP contribution in [0.2, 0.25) is 0 Å². The minimum absolute atomic E-state index is 0.0165. The Labute approximate surface area is 116 Å². The van der Waals surface area contributed by atoms with E-state index in [2.05, 4.69) is 10.6 Å². The van der Waals surface area contributed by atoms with Crippen molar-refractivity contribution in [3.63, 3.8) is 0 Å². The highest BCUT2D eigenvalue weighted by Crippen LogP contribution is 2.13. The first-order valence-electron chi connectivity index (χ1n) is 5.76. The number of carboxylic acid groups (broad SMARTS) is 1. The summed E-state index contributed by atoms with van der Waals surface area (Å²) in [4.78, 5) is 33.6. The van der Waals surface area contributed by atoms with Gasteiger partial charge in [0, 0.05) is 6.54 Å². The van der Waals surface area contributed by atoms with E-state index in [1.54, 1.807) is 0 Å². The van der Waals surface area contributed by atoms with Gasteiger partial charge in [0.05, 0.1) is 5.41 Å². The van der Waals surface area contributed by atoms with Crippen LogP contribution in [0.1, 0.15) is 20.3 Å². The summed E-state index contributed by atoms with van der Waals surface area (Å²) in [5.74, 6) is -0.751. The van der Waals surface area contributed by atoms with Gasteiger partial charge in [-0.15, -0.1) is 0 Å². The average molecular weight is 291 g/mol. The normalized spacial score (nSPS) is 12.6. The third-order valence-corrected chi connectivity index (χ3v) is 3.17. The van der Waals surface area contributed by atoms with Crippen molar-refractivity contribution in [1.29, 1.82) is 0 Å². The van der Waals surface area contributed by atoms with Crippen LogP contribution < -0.4 is 16.4 Å². The molecule has 1 atom stereocenters. The van der Waals surface area contributed by atoms with Crippen LogP contribution in [0.15, 0.2) is 0 Å². The number of carbonyl (C=O) groups excluding carboxylic acids is 2. The van der Waals surface area contributed by atoms with Crippen LogP contribution in [0.3, 0.4) is 0 Å². The molecule has 0 rings (SSSR count). The van der Waals surface area contributed by atoms with Gasteiger partial charge in [-0.2, -0.15) is 11.8 Å². The first-order valence-corrected chi connectivity index (χ1v) is 7.16. The first-order chi connectivity index (χ1) is 8.70. The molecule has 3 amide bonds. The van der Waals surface area contributed by atoms with Gasteiger partial charge in [0.1, 0.15) is 6.04 Å². The second-order valence-electron chi connectivity index (χ2n) is 4.75. The molecular weight excluding hydrogens is 270 g/mol. The summed E-state index contributed by atoms with van der Waals surface area (Å²) in [6.45, 7) is 3.00. The number of carboxylic acids is 1. The molecule has 0 aromatic rings. The molecule has 1 unspecified atom stereocenters. The van der Waals surface area contributed by atoms with E-state index in [-0.39, 0.29) is 6.54 Å². The predicted molar refractivity (Wildman–Crippen MR) is 73.9 cm³/mol. The number of nitrogens with two attached hydrogens (primary N) is 1. The molecule has 0 bridgehead atoms. The highest BCUT2D eigenvalue weighted by molar-refractivity contribution is 7.98. The van der Waals surface area contributed by atoms with E-state index in [1.165, 1.54) is 25.6 Å². The summed E-state index contributed by atoms with van der Waals surface area (Å²) in [6.07, 6.45) is 2.32. The Balaban J connectivity index is 4.46. The average Bonchev–Trinajstić information content (AvgIpc) is 2.30. The second kappa shape index (κ2) is 7.88. The van der Waals surface area contributed by atoms with Gasteiger partial charge < -0.3 is 21.5 Å². The fourth-order valence-electron chi connectivity index (χ4n) is 1.18. The van der Waals surface area contributed by atoms with Crippen molar-refractivity contribution in [1.82, 2.24) is 10.6 Å². The maximum Gasteiger partial charge on any atom is 0.312 e. The minimum Gasteiger partial charge on any atom is -0.481 e. The van der Waals surface area contributed by atoms with Crippen LogP contribution in [0.25, 0.3) is 0 Å². The standard InChI is InChI=1S/C11H21N3O4S/c1-11(2,9(16)17)6-13-8(15)7(4-5-19-3)14-10(12)18/h7H,4-6H2,1-3H3,(H,13,15)(H,16,17)(H3,12,14,18). The Kier molecular flexibility index (Phi) is 7.28. The Hall–Kier alpha value is -1.44. The van der Waals surface area contributed by atoms with Crippen LogP contribution in [0.5, 0.6) is 0 Å². The van der Waals surface area contributed by atoms with Gasteiger partial charge in [-0.25, -0.2) is 4.79 Å². The number of carbonyl (C=O) groups is 3. The molecule has 8 heteroatoms. The maximum atomic E-state index is 11.9. The van der Waals surface area contributed by atoms with Crippen LogP contribution >= 0.6 is 11.8 Å². The van der Waals surface area contributed by atoms with Gasteiger partial charge in [-0.05, 0) is 32.3 Å². The Morgan fingerprint density at radius 1 is 1.37 bits per heavy atom. The summed E-state index contributed by atoms with van der Waals surface area (Å²) < 4.78 is 0. The number of hydrogen-bond donors (Lipinski definition) is 4. The predicted octanol–water partition coefficient (Wildman–Crippen LogP) is 0.00340. The highest BCUT2D eigenvalue weighted by atomic mass is 32.2. The number of primary amides is 1. The molecular formula is C11H21N3O4S. The number of rotatable bonds is 8. The van der Waals surface area contributed by atoms with Crippen LogP contribution in [0.4, 0.5) is 4.79 Å². The Bertz CT molecular complexity index is 347. The van der Waals surface area contributed by atoms with E-state index < -0.39 is 29.4 Å². The Morgan fingerprint density at radius 3 is 2.37 bits per heavy atom. The summed E-state index contributed by atoms with van der Waals surface area (Å²) in [6, 6.07) is -1.52. The number of thioether (sulfide) groups is 1. The number of hydrogen-bond acceptors (Lipinski definition) is 4. The molecule has 7 nitrogen and oxygen atoms in total. The quantitative estimate of drug-likeness (QED) is 0.501. The van der Waals surface area contributed by atoms with Crippen molar-refractivity contribution >= 4 is 29.7 Å². The summed E-state index contributed by atoms with van der Waals surface area (Å²) in [5, 5.41) is 13.8. The molecule has 0 aromatic heterocycles. The maximum absolute atomic E-state index is 11.9. The number of urea groups is 1. The molecule has 0 spiro atoms. The number of amides is 3. The third-order valence-electron chi connectivity index (χ3n) is 2.53. The largest absolute Gasteiger partial charge is 0.481 e. The van der Waals surface area contributed by atoms with Gasteiger partial charge in [-0.1, -0.05) is 0 Å². The lowest BCUT2D eigenvalue weighted by Gasteiger charge is -2.22. The molecule has 110 valence electrons. The molecule has 0 aliphatic carbocycles. The summed E-state index contributed by atoms with van der Waals surface area (Å²) in [7, 11) is 0. The van der Waals surface area contributed by atoms with E-state index >= 15 is 0 Å². The van der Waals surface area contributed by atoms with E-state index in [4.69, 9.17) is 10.8 Å². The van der Waals surface area contributed by atoms with E-state index in [1.807, 2.05) is 6.26 Å². The molecule has 0 aromatic carbocycles. The fraction of sp³-hybridized carbons (Fsp3) is 0.727. The molecule has 0 saturated heterocycles. The SMILES string of the molecule is CSCCC(NC(N)=O)C(=O)NCC(C)(C)C(=O)O. The number of aliphatic carboxylic acids is 1. The molecule has 0 aliphatic rings. The lowest BCUT2D eigenvalue weighted by Crippen LogP contribution is -2.51. The lowest BCUT2D eigenvalue weighted by molar-refractivity contribution is -0.146. The molecule has 5 N–H and O–H groups in total. The molecule has 19 heavy (non-hydrogen) atoms. The van der Waals surface area contributed by atoms with Gasteiger partial charge in [0.25, 0.3) is 0 Å². The zero-order chi connectivity index (χ0) is 15.1. The van der Waals surface area contributed by atoms with Crippen molar-refractivity contribution in [2.24, 2.45) is 11.1 Å². The van der Waals surface area contributed by atoms with Crippen molar-refractivity contribution < 1.29 is 19.5 Å². The van der Waals surface area contributed by atoms with Crippen LogP contribution in [-0.2, 0) is 9.59 Å². The summed E-state index contributed by atoms with van der Waals surface area (Å²) >= 11 is 1.54. The van der Waals surface area contributed by atoms with E-state index in [0.29, 0.717) is 12.2 Å². The zero-order valence-corrected chi connectivity index (χ0v) is 12.2. The molecule has 0 fully saturated rings. The van der Waals surface area contributed by atoms with Crippen molar-refractivity contribution in [3.05, 3.63) is 0 Å². The van der Waals surface area contributed by atoms with Crippen molar-refractivity contribution in [2.45, 2.75) is 26.3 Å². The first kappa shape index (κ1) is 17.6. The smallest absolute Gasteiger partial charge is 0.312 e. The molecule has 0 saturated carbocycles. The van der Waals surface area contributed by atoms with E-state index in [0.717, 1.165) is 0 Å². The zero-order valence-electron chi connectivity index (χ0n) is 11.4. The highest BCUT2D eigenvalue weighted by Gasteiger charge is 2.29. The molecule has 0 heterocycles. The van der Waals surface area contributed by atoms with Gasteiger partial charge in [-0.3, -0.25) is 9.59 Å². The monoisotopic (exact) mass is 291 g/mol. The van der Waals surface area contributed by atoms with Gasteiger partial charge >= 0.3 is 12.0 Å².